The first-order valence-corrected chi connectivity index (χ1v) is 8.41. The largest absolute Gasteiger partial charge is 0.394 e. The summed E-state index contributed by atoms with van der Waals surface area (Å²) in [6.07, 6.45) is -12.3. The second kappa shape index (κ2) is 9.00. The van der Waals surface area contributed by atoms with Crippen molar-refractivity contribution in [2.45, 2.75) is 81.7 Å². The molecule has 0 aromatic rings. The molecular weight excluding hydrogens is 340 g/mol. The first-order chi connectivity index (χ1) is 11.8. The number of aliphatic hydroxyl groups excluding tert-OH is 6. The van der Waals surface area contributed by atoms with Gasteiger partial charge in [0.2, 0.25) is 0 Å². The first kappa shape index (κ1) is 20.9. The highest BCUT2D eigenvalue weighted by atomic mass is 16.7. The van der Waals surface area contributed by atoms with Crippen molar-refractivity contribution in [2.75, 3.05) is 13.2 Å². The van der Waals surface area contributed by atoms with Crippen LogP contribution in [-0.4, -0.2) is 105 Å². The Morgan fingerprint density at radius 1 is 0.840 bits per heavy atom. The van der Waals surface area contributed by atoms with E-state index >= 15 is 0 Å². The van der Waals surface area contributed by atoms with Crippen LogP contribution in [0.25, 0.3) is 0 Å². The number of aliphatic hydroxyl groups is 6. The topological polar surface area (TPSA) is 158 Å². The summed E-state index contributed by atoms with van der Waals surface area (Å²) in [5.74, 6) is 0. The SMILES string of the molecule is CCCO[C@@H]1OC(C)[C@H](O)C(O[C@H]2OC(CO)[C@@H](O)C(O)C2O)[C@@H]1O. The second-order valence-electron chi connectivity index (χ2n) is 6.36. The minimum atomic E-state index is -1.63. The molecular formula is C15H28O10. The summed E-state index contributed by atoms with van der Waals surface area (Å²) in [6, 6.07) is 0. The summed E-state index contributed by atoms with van der Waals surface area (Å²) in [5.41, 5.74) is 0. The van der Waals surface area contributed by atoms with Gasteiger partial charge in [-0.25, -0.2) is 0 Å². The van der Waals surface area contributed by atoms with Gasteiger partial charge in [0.25, 0.3) is 0 Å². The normalized spacial score (nSPS) is 48.5. The predicted octanol–water partition coefficient (Wildman–Crippen LogP) is -2.94. The van der Waals surface area contributed by atoms with Crippen LogP contribution in [0.5, 0.6) is 0 Å². The molecule has 5 unspecified atom stereocenters. The number of hydrogen-bond acceptors (Lipinski definition) is 10. The van der Waals surface area contributed by atoms with Crippen molar-refractivity contribution in [3.8, 4) is 0 Å². The summed E-state index contributed by atoms with van der Waals surface area (Å²) < 4.78 is 21.5. The zero-order chi connectivity index (χ0) is 18.7. The Morgan fingerprint density at radius 3 is 2.12 bits per heavy atom. The molecule has 0 aromatic carbocycles. The maximum absolute atomic E-state index is 10.4. The molecule has 0 amide bonds. The van der Waals surface area contributed by atoms with Crippen LogP contribution < -0.4 is 0 Å². The van der Waals surface area contributed by atoms with Gasteiger partial charge in [0.15, 0.2) is 12.6 Å². The van der Waals surface area contributed by atoms with E-state index in [9.17, 15) is 30.6 Å². The molecule has 6 N–H and O–H groups in total. The van der Waals surface area contributed by atoms with Gasteiger partial charge >= 0.3 is 0 Å². The van der Waals surface area contributed by atoms with E-state index in [1.165, 1.54) is 0 Å². The third-order valence-electron chi connectivity index (χ3n) is 4.41. The molecule has 10 heteroatoms. The van der Waals surface area contributed by atoms with E-state index in [1.807, 2.05) is 6.92 Å². The van der Waals surface area contributed by atoms with Crippen molar-refractivity contribution in [3.63, 3.8) is 0 Å². The van der Waals surface area contributed by atoms with E-state index in [4.69, 9.17) is 18.9 Å². The molecule has 2 heterocycles. The molecule has 10 nitrogen and oxygen atoms in total. The van der Waals surface area contributed by atoms with Gasteiger partial charge < -0.3 is 49.6 Å². The molecule has 0 saturated carbocycles. The highest BCUT2D eigenvalue weighted by Crippen LogP contribution is 2.29. The van der Waals surface area contributed by atoms with Gasteiger partial charge in [0, 0.05) is 6.61 Å². The number of hydrogen-bond donors (Lipinski definition) is 6. The average molecular weight is 368 g/mol. The Labute approximate surface area is 145 Å². The molecule has 0 radical (unpaired) electrons. The van der Waals surface area contributed by atoms with Crippen LogP contribution in [0.15, 0.2) is 0 Å². The molecule has 2 aliphatic rings. The fourth-order valence-corrected chi connectivity index (χ4v) is 2.86. The van der Waals surface area contributed by atoms with Crippen LogP contribution in [0, 0.1) is 0 Å². The van der Waals surface area contributed by atoms with Gasteiger partial charge in [-0.1, -0.05) is 6.92 Å². The summed E-state index contributed by atoms with van der Waals surface area (Å²) >= 11 is 0. The van der Waals surface area contributed by atoms with Crippen LogP contribution >= 0.6 is 0 Å². The van der Waals surface area contributed by atoms with Crippen LogP contribution in [-0.2, 0) is 18.9 Å². The molecule has 10 atom stereocenters. The van der Waals surface area contributed by atoms with Gasteiger partial charge in [-0.3, -0.25) is 0 Å². The van der Waals surface area contributed by atoms with Gasteiger partial charge in [-0.2, -0.15) is 0 Å². The molecule has 2 saturated heterocycles. The molecule has 2 rings (SSSR count). The number of rotatable bonds is 6. The quantitative estimate of drug-likeness (QED) is 0.286. The lowest BCUT2D eigenvalue weighted by Gasteiger charge is -2.45. The molecule has 2 aliphatic heterocycles. The van der Waals surface area contributed by atoms with Crippen LogP contribution in [0.4, 0.5) is 0 Å². The first-order valence-electron chi connectivity index (χ1n) is 8.41. The monoisotopic (exact) mass is 368 g/mol. The van der Waals surface area contributed by atoms with E-state index in [1.54, 1.807) is 6.92 Å². The van der Waals surface area contributed by atoms with Gasteiger partial charge in [-0.15, -0.1) is 0 Å². The molecule has 2 fully saturated rings. The van der Waals surface area contributed by atoms with Crippen molar-refractivity contribution >= 4 is 0 Å². The van der Waals surface area contributed by atoms with Crippen molar-refractivity contribution in [1.29, 1.82) is 0 Å². The van der Waals surface area contributed by atoms with Gasteiger partial charge in [0.1, 0.15) is 42.7 Å². The lowest BCUT2D eigenvalue weighted by Crippen LogP contribution is -2.64. The van der Waals surface area contributed by atoms with Crippen LogP contribution in [0.1, 0.15) is 20.3 Å². The Kier molecular flexibility index (Phi) is 7.52. The van der Waals surface area contributed by atoms with Crippen molar-refractivity contribution in [3.05, 3.63) is 0 Å². The van der Waals surface area contributed by atoms with E-state index in [0.29, 0.717) is 13.0 Å². The Balaban J connectivity index is 2.09. The second-order valence-corrected chi connectivity index (χ2v) is 6.36. The standard InChI is InChI=1S/C15H28O10/c1-3-4-22-14-12(21)13(8(17)6(2)23-14)25-15-11(20)10(19)9(18)7(5-16)24-15/h6-21H,3-5H2,1-2H3/t6?,7?,8-,9+,10?,11?,12-,13?,14+,15+/m0/s1. The smallest absolute Gasteiger partial charge is 0.187 e. The van der Waals surface area contributed by atoms with E-state index in [2.05, 4.69) is 0 Å². The lowest BCUT2D eigenvalue weighted by atomic mass is 9.97. The summed E-state index contributed by atoms with van der Waals surface area (Å²) in [6.45, 7) is 3.18. The minimum absolute atomic E-state index is 0.331. The summed E-state index contributed by atoms with van der Waals surface area (Å²) in [7, 11) is 0. The zero-order valence-corrected chi connectivity index (χ0v) is 14.2. The van der Waals surface area contributed by atoms with Crippen molar-refractivity contribution in [1.82, 2.24) is 0 Å². The maximum Gasteiger partial charge on any atom is 0.187 e. The number of ether oxygens (including phenoxy) is 4. The van der Waals surface area contributed by atoms with E-state index in [-0.39, 0.29) is 0 Å². The maximum atomic E-state index is 10.4. The molecule has 0 spiro atoms. The van der Waals surface area contributed by atoms with E-state index in [0.717, 1.165) is 0 Å². The van der Waals surface area contributed by atoms with Crippen LogP contribution in [0.3, 0.4) is 0 Å². The average Bonchev–Trinajstić information content (AvgIpc) is 2.60. The molecule has 0 bridgehead atoms. The van der Waals surface area contributed by atoms with Crippen molar-refractivity contribution < 1.29 is 49.6 Å². The Morgan fingerprint density at radius 2 is 1.52 bits per heavy atom. The van der Waals surface area contributed by atoms with Crippen LogP contribution in [0.2, 0.25) is 0 Å². The lowest BCUT2D eigenvalue weighted by molar-refractivity contribution is -0.357. The summed E-state index contributed by atoms with van der Waals surface area (Å²) in [4.78, 5) is 0. The fraction of sp³-hybridized carbons (Fsp3) is 1.00. The van der Waals surface area contributed by atoms with Gasteiger partial charge in [0.05, 0.1) is 12.7 Å². The van der Waals surface area contributed by atoms with E-state index < -0.39 is 68.0 Å². The highest BCUT2D eigenvalue weighted by molar-refractivity contribution is 4.93. The van der Waals surface area contributed by atoms with Crippen molar-refractivity contribution in [2.24, 2.45) is 0 Å². The molecule has 25 heavy (non-hydrogen) atoms. The predicted molar refractivity (Wildman–Crippen MR) is 81.2 cm³/mol. The summed E-state index contributed by atoms with van der Waals surface area (Å²) in [5, 5.41) is 59.4. The molecule has 0 aromatic heterocycles. The fourth-order valence-electron chi connectivity index (χ4n) is 2.86. The Hall–Kier alpha value is -0.400. The third kappa shape index (κ3) is 4.48. The minimum Gasteiger partial charge on any atom is -0.394 e. The third-order valence-corrected chi connectivity index (χ3v) is 4.41. The Bertz CT molecular complexity index is 408. The molecule has 0 aliphatic carbocycles. The molecule has 148 valence electrons. The van der Waals surface area contributed by atoms with Gasteiger partial charge in [-0.05, 0) is 13.3 Å². The highest BCUT2D eigenvalue weighted by Gasteiger charge is 2.50. The zero-order valence-electron chi connectivity index (χ0n) is 14.2.